The minimum Gasteiger partial charge on any atom is -0.438 e. The SMILES string of the molecule is CCC1(OC(=O)NCC(C)CCC(=O)N[C@@H](C[C@@H]2CCNC2=O)C(O)S(=O)(=O)O)COCOC1. The molecule has 0 radical (unpaired) electrons. The van der Waals surface area contributed by atoms with Crippen LogP contribution >= 0.6 is 0 Å². The molecular formula is C20H35N3O10S. The van der Waals surface area contributed by atoms with Crippen LogP contribution in [0.4, 0.5) is 4.79 Å². The molecule has 2 fully saturated rings. The summed E-state index contributed by atoms with van der Waals surface area (Å²) in [6, 6.07) is -1.34. The van der Waals surface area contributed by atoms with E-state index in [-0.39, 0.29) is 51.2 Å². The van der Waals surface area contributed by atoms with Gasteiger partial charge in [0.15, 0.2) is 5.60 Å². The first-order chi connectivity index (χ1) is 16.0. The molecule has 0 bridgehead atoms. The number of carbonyl (C=O) groups excluding carboxylic acids is 3. The van der Waals surface area contributed by atoms with Gasteiger partial charge in [-0.25, -0.2) is 4.79 Å². The first-order valence-electron chi connectivity index (χ1n) is 11.3. The summed E-state index contributed by atoms with van der Waals surface area (Å²) in [6.07, 6.45) is 0.515. The fraction of sp³-hybridized carbons (Fsp3) is 0.850. The van der Waals surface area contributed by atoms with E-state index in [0.29, 0.717) is 25.8 Å². The smallest absolute Gasteiger partial charge is 0.407 e. The Morgan fingerprint density at radius 1 is 1.32 bits per heavy atom. The van der Waals surface area contributed by atoms with Crippen molar-refractivity contribution in [3.05, 3.63) is 0 Å². The Balaban J connectivity index is 1.79. The van der Waals surface area contributed by atoms with Crippen LogP contribution in [0.3, 0.4) is 0 Å². The van der Waals surface area contributed by atoms with Crippen molar-refractivity contribution in [3.8, 4) is 0 Å². The van der Waals surface area contributed by atoms with Crippen LogP contribution in [0.5, 0.6) is 0 Å². The van der Waals surface area contributed by atoms with Gasteiger partial charge in [-0.3, -0.25) is 14.1 Å². The van der Waals surface area contributed by atoms with E-state index >= 15 is 0 Å². The lowest BCUT2D eigenvalue weighted by Gasteiger charge is -2.35. The van der Waals surface area contributed by atoms with E-state index < -0.39 is 45.1 Å². The van der Waals surface area contributed by atoms with E-state index in [9.17, 15) is 32.5 Å². The zero-order valence-electron chi connectivity index (χ0n) is 19.4. The molecule has 0 saturated carbocycles. The molecule has 0 aromatic heterocycles. The normalized spacial score (nSPS) is 22.8. The largest absolute Gasteiger partial charge is 0.438 e. The summed E-state index contributed by atoms with van der Waals surface area (Å²) in [6.45, 7) is 4.95. The van der Waals surface area contributed by atoms with Crippen molar-refractivity contribution in [1.29, 1.82) is 0 Å². The second-order valence-electron chi connectivity index (χ2n) is 8.86. The molecule has 34 heavy (non-hydrogen) atoms. The van der Waals surface area contributed by atoms with Crippen LogP contribution in [0.1, 0.15) is 46.0 Å². The monoisotopic (exact) mass is 509 g/mol. The Morgan fingerprint density at radius 2 is 2.00 bits per heavy atom. The van der Waals surface area contributed by atoms with Gasteiger partial charge >= 0.3 is 6.09 Å². The highest BCUT2D eigenvalue weighted by molar-refractivity contribution is 7.86. The highest BCUT2D eigenvalue weighted by Gasteiger charge is 2.37. The van der Waals surface area contributed by atoms with Crippen LogP contribution in [0.2, 0.25) is 0 Å². The van der Waals surface area contributed by atoms with Gasteiger partial charge in [0.25, 0.3) is 10.1 Å². The van der Waals surface area contributed by atoms with Crippen LogP contribution in [0.25, 0.3) is 0 Å². The summed E-state index contributed by atoms with van der Waals surface area (Å²) in [4.78, 5) is 36.3. The molecule has 0 aromatic rings. The second-order valence-corrected chi connectivity index (χ2v) is 10.4. The van der Waals surface area contributed by atoms with Crippen LogP contribution in [-0.2, 0) is 33.9 Å². The number of amides is 3. The van der Waals surface area contributed by atoms with Gasteiger partial charge < -0.3 is 35.3 Å². The summed E-state index contributed by atoms with van der Waals surface area (Å²) in [7, 11) is -4.85. The molecule has 196 valence electrons. The number of aliphatic hydroxyl groups excluding tert-OH is 1. The molecule has 2 heterocycles. The van der Waals surface area contributed by atoms with Crippen molar-refractivity contribution in [2.75, 3.05) is 33.1 Å². The maximum absolute atomic E-state index is 12.4. The predicted octanol–water partition coefficient (Wildman–Crippen LogP) is -0.501. The number of carbonyl (C=O) groups is 3. The average molecular weight is 510 g/mol. The summed E-state index contributed by atoms with van der Waals surface area (Å²) < 4.78 is 47.9. The van der Waals surface area contributed by atoms with Crippen molar-refractivity contribution in [2.24, 2.45) is 11.8 Å². The molecule has 0 aliphatic carbocycles. The van der Waals surface area contributed by atoms with Gasteiger partial charge in [0.05, 0.1) is 19.3 Å². The van der Waals surface area contributed by atoms with Crippen molar-refractivity contribution in [2.45, 2.75) is 63.0 Å². The maximum atomic E-state index is 12.4. The third-order valence-electron chi connectivity index (χ3n) is 6.01. The summed E-state index contributed by atoms with van der Waals surface area (Å²) in [5.74, 6) is -1.56. The first kappa shape index (κ1) is 28.2. The van der Waals surface area contributed by atoms with Gasteiger partial charge in [0, 0.05) is 25.4 Å². The Morgan fingerprint density at radius 3 is 2.56 bits per heavy atom. The Bertz CT molecular complexity index is 815. The van der Waals surface area contributed by atoms with Crippen LogP contribution < -0.4 is 16.0 Å². The highest BCUT2D eigenvalue weighted by Crippen LogP contribution is 2.22. The van der Waals surface area contributed by atoms with Gasteiger partial charge in [-0.15, -0.1) is 0 Å². The standard InChI is InChI=1S/C20H35N3O10S/c1-3-20(10-31-12-32-11-20)33-19(27)22-9-13(2)4-5-16(24)23-15(18(26)34(28,29)30)8-14-6-7-21-17(14)25/h13-15,18,26H,3-12H2,1-2H3,(H,21,25)(H,22,27)(H,23,24)(H,28,29,30)/t13?,14-,15-,18?/m0/s1. The molecular weight excluding hydrogens is 474 g/mol. The molecule has 4 atom stereocenters. The van der Waals surface area contributed by atoms with Crippen LogP contribution in [0.15, 0.2) is 0 Å². The van der Waals surface area contributed by atoms with Gasteiger partial charge in [0.2, 0.25) is 17.3 Å². The number of ether oxygens (including phenoxy) is 3. The molecule has 14 heteroatoms. The van der Waals surface area contributed by atoms with E-state index in [4.69, 9.17) is 14.2 Å². The number of hydrogen-bond acceptors (Lipinski definition) is 9. The Kier molecular flexibility index (Phi) is 10.5. The predicted molar refractivity (Wildman–Crippen MR) is 118 cm³/mol. The number of alkyl carbamates (subject to hydrolysis) is 1. The van der Waals surface area contributed by atoms with Gasteiger partial charge in [-0.05, 0) is 31.6 Å². The number of aliphatic hydroxyl groups is 1. The van der Waals surface area contributed by atoms with E-state index in [2.05, 4.69) is 16.0 Å². The summed E-state index contributed by atoms with van der Waals surface area (Å²) in [5.41, 5.74) is -3.10. The molecule has 0 aromatic carbocycles. The molecule has 0 spiro atoms. The first-order valence-corrected chi connectivity index (χ1v) is 12.8. The maximum Gasteiger partial charge on any atom is 0.407 e. The second kappa shape index (κ2) is 12.6. The lowest BCUT2D eigenvalue weighted by molar-refractivity contribution is -0.199. The lowest BCUT2D eigenvalue weighted by atomic mass is 9.98. The van der Waals surface area contributed by atoms with Gasteiger partial charge in [-0.1, -0.05) is 13.8 Å². The minimum absolute atomic E-state index is 0.0238. The quantitative estimate of drug-likeness (QED) is 0.214. The summed E-state index contributed by atoms with van der Waals surface area (Å²) in [5, 5.41) is 17.6. The molecule has 2 aliphatic heterocycles. The summed E-state index contributed by atoms with van der Waals surface area (Å²) >= 11 is 0. The number of nitrogens with one attached hydrogen (secondary N) is 3. The Labute approximate surface area is 199 Å². The van der Waals surface area contributed by atoms with E-state index in [0.717, 1.165) is 0 Å². The van der Waals surface area contributed by atoms with Crippen LogP contribution in [-0.4, -0.2) is 86.2 Å². The Hall–Kier alpha value is -2.00. The molecule has 3 amide bonds. The van der Waals surface area contributed by atoms with Gasteiger partial charge in [-0.2, -0.15) is 8.42 Å². The average Bonchev–Trinajstić information content (AvgIpc) is 3.19. The van der Waals surface area contributed by atoms with Crippen molar-refractivity contribution in [1.82, 2.24) is 16.0 Å². The topological polar surface area (TPSA) is 190 Å². The highest BCUT2D eigenvalue weighted by atomic mass is 32.2. The van der Waals surface area contributed by atoms with E-state index in [1.54, 1.807) is 0 Å². The zero-order valence-corrected chi connectivity index (χ0v) is 20.3. The fourth-order valence-corrected chi connectivity index (χ4v) is 4.36. The molecule has 13 nitrogen and oxygen atoms in total. The molecule has 5 N–H and O–H groups in total. The molecule has 2 saturated heterocycles. The van der Waals surface area contributed by atoms with E-state index in [1.165, 1.54) is 0 Å². The van der Waals surface area contributed by atoms with Crippen molar-refractivity contribution >= 4 is 28.0 Å². The zero-order chi connectivity index (χ0) is 25.4. The molecule has 2 rings (SSSR count). The van der Waals surface area contributed by atoms with Crippen molar-refractivity contribution in [3.63, 3.8) is 0 Å². The lowest BCUT2D eigenvalue weighted by Crippen LogP contribution is -2.49. The number of rotatable bonds is 12. The molecule has 2 aliphatic rings. The number of hydrogen-bond donors (Lipinski definition) is 5. The third-order valence-corrected chi connectivity index (χ3v) is 6.95. The fourth-order valence-electron chi connectivity index (χ4n) is 3.77. The van der Waals surface area contributed by atoms with Crippen molar-refractivity contribution < 1.29 is 46.7 Å². The third kappa shape index (κ3) is 8.65. The van der Waals surface area contributed by atoms with Gasteiger partial charge in [0.1, 0.15) is 6.79 Å². The van der Waals surface area contributed by atoms with Crippen LogP contribution in [0, 0.1) is 11.8 Å². The minimum atomic E-state index is -4.85. The van der Waals surface area contributed by atoms with E-state index in [1.807, 2.05) is 13.8 Å². The molecule has 2 unspecified atom stereocenters.